The molecule has 2 aromatic carbocycles. The van der Waals surface area contributed by atoms with Crippen molar-refractivity contribution in [3.63, 3.8) is 0 Å². The van der Waals surface area contributed by atoms with Crippen molar-refractivity contribution in [1.82, 2.24) is 9.55 Å². The van der Waals surface area contributed by atoms with Gasteiger partial charge in [0, 0.05) is 48.6 Å². The zero-order valence-corrected chi connectivity index (χ0v) is 24.4. The zero-order chi connectivity index (χ0) is 29.8. The second-order valence-electron chi connectivity index (χ2n) is 11.1. The Kier molecular flexibility index (Phi) is 8.71. The van der Waals surface area contributed by atoms with Crippen LogP contribution in [0, 0.1) is 11.7 Å². The predicted molar refractivity (Wildman–Crippen MR) is 161 cm³/mol. The van der Waals surface area contributed by atoms with E-state index in [9.17, 15) is 14.0 Å². The van der Waals surface area contributed by atoms with Gasteiger partial charge in [-0.3, -0.25) is 9.59 Å². The molecule has 7 nitrogen and oxygen atoms in total. The zero-order valence-electron chi connectivity index (χ0n) is 24.4. The number of esters is 1. The molecule has 8 heteroatoms. The number of hydrogen-bond donors (Lipinski definition) is 1. The number of pyridine rings is 1. The van der Waals surface area contributed by atoms with E-state index in [1.165, 1.54) is 12.1 Å². The number of aromatic nitrogens is 2. The maximum Gasteiger partial charge on any atom is 0.306 e. The maximum absolute atomic E-state index is 14.2. The van der Waals surface area contributed by atoms with Crippen LogP contribution in [0.25, 0.3) is 22.4 Å². The molecule has 3 heterocycles. The Bertz CT molecular complexity index is 1560. The van der Waals surface area contributed by atoms with Crippen LogP contribution in [0.1, 0.15) is 62.0 Å². The highest BCUT2D eigenvalue weighted by Crippen LogP contribution is 2.43. The Balaban J connectivity index is 1.74. The van der Waals surface area contributed by atoms with Gasteiger partial charge >= 0.3 is 5.97 Å². The molecule has 42 heavy (non-hydrogen) atoms. The molecule has 0 bridgehead atoms. The number of nitrogens with zero attached hydrogens (tertiary/aromatic N) is 2. The summed E-state index contributed by atoms with van der Waals surface area (Å²) in [7, 11) is 1.55. The van der Waals surface area contributed by atoms with E-state index in [2.05, 4.69) is 35.6 Å². The van der Waals surface area contributed by atoms with Crippen LogP contribution >= 0.6 is 0 Å². The quantitative estimate of drug-likeness (QED) is 0.212. The van der Waals surface area contributed by atoms with Gasteiger partial charge in [-0.05, 0) is 71.8 Å². The summed E-state index contributed by atoms with van der Waals surface area (Å²) >= 11 is 0. The fourth-order valence-electron chi connectivity index (χ4n) is 5.83. The molecule has 1 saturated heterocycles. The van der Waals surface area contributed by atoms with Gasteiger partial charge in [-0.1, -0.05) is 39.0 Å². The molecule has 1 fully saturated rings. The van der Waals surface area contributed by atoms with E-state index in [-0.39, 0.29) is 35.6 Å². The largest absolute Gasteiger partial charge is 0.481 e. The summed E-state index contributed by atoms with van der Waals surface area (Å²) in [6.07, 6.45) is 3.21. The van der Waals surface area contributed by atoms with Gasteiger partial charge in [-0.2, -0.15) is 0 Å². The third kappa shape index (κ3) is 6.22. The molecule has 2 aromatic heterocycles. The van der Waals surface area contributed by atoms with Gasteiger partial charge in [0.1, 0.15) is 11.9 Å². The molecule has 4 aromatic rings. The summed E-state index contributed by atoms with van der Waals surface area (Å²) in [4.78, 5) is 30.7. The van der Waals surface area contributed by atoms with Crippen LogP contribution in [-0.2, 0) is 16.1 Å². The van der Waals surface area contributed by atoms with E-state index in [4.69, 9.17) is 9.47 Å². The summed E-state index contributed by atoms with van der Waals surface area (Å²) < 4.78 is 27.4. The normalized spacial score (nSPS) is 16.8. The van der Waals surface area contributed by atoms with Crippen molar-refractivity contribution in [1.29, 1.82) is 0 Å². The van der Waals surface area contributed by atoms with Crippen molar-refractivity contribution in [2.24, 2.45) is 5.92 Å². The van der Waals surface area contributed by atoms with Crippen molar-refractivity contribution in [3.8, 4) is 28.3 Å². The third-order valence-corrected chi connectivity index (χ3v) is 7.61. The molecule has 2 atom stereocenters. The number of halogens is 1. The van der Waals surface area contributed by atoms with E-state index in [1.807, 2.05) is 36.4 Å². The lowest BCUT2D eigenvalue weighted by molar-refractivity contribution is -0.156. The molecule has 0 spiro atoms. The molecule has 1 amide bonds. The van der Waals surface area contributed by atoms with Crippen molar-refractivity contribution in [2.75, 3.05) is 12.4 Å². The van der Waals surface area contributed by atoms with Gasteiger partial charge < -0.3 is 19.4 Å². The Morgan fingerprint density at radius 1 is 1.12 bits per heavy atom. The van der Waals surface area contributed by atoms with Gasteiger partial charge in [0.05, 0.1) is 18.4 Å². The van der Waals surface area contributed by atoms with Crippen LogP contribution in [-0.4, -0.2) is 34.6 Å². The van der Waals surface area contributed by atoms with E-state index in [0.29, 0.717) is 42.1 Å². The number of hydrogen-bond acceptors (Lipinski definition) is 5. The topological polar surface area (TPSA) is 82.5 Å². The molecule has 0 radical (unpaired) electrons. The smallest absolute Gasteiger partial charge is 0.306 e. The van der Waals surface area contributed by atoms with Crippen LogP contribution in [0.15, 0.2) is 72.9 Å². The average Bonchev–Trinajstić information content (AvgIpc) is 3.32. The second-order valence-corrected chi connectivity index (χ2v) is 11.1. The van der Waals surface area contributed by atoms with Crippen LogP contribution in [0.2, 0.25) is 0 Å². The first-order valence-electron chi connectivity index (χ1n) is 14.3. The summed E-state index contributed by atoms with van der Waals surface area (Å²) in [5.41, 5.74) is 5.03. The van der Waals surface area contributed by atoms with Crippen LogP contribution in [0.3, 0.4) is 0 Å². The molecule has 5 rings (SSSR count). The number of cyclic esters (lactones) is 1. The minimum atomic E-state index is -0.349. The summed E-state index contributed by atoms with van der Waals surface area (Å²) in [6, 6.07) is 19.3. The molecule has 0 aliphatic carbocycles. The first-order chi connectivity index (χ1) is 20.2. The number of ether oxygens (including phenoxy) is 2. The molecule has 1 aliphatic rings. The molecular formula is C34H36FN3O4. The van der Waals surface area contributed by atoms with Crippen molar-refractivity contribution >= 4 is 17.6 Å². The van der Waals surface area contributed by atoms with Crippen LogP contribution in [0.4, 0.5) is 10.1 Å². The van der Waals surface area contributed by atoms with Crippen molar-refractivity contribution in [3.05, 3.63) is 90.0 Å². The lowest BCUT2D eigenvalue weighted by atomic mass is 9.95. The Labute approximate surface area is 245 Å². The summed E-state index contributed by atoms with van der Waals surface area (Å²) in [5.74, 6) is -0.176. The van der Waals surface area contributed by atoms with Gasteiger partial charge in [0.15, 0.2) is 0 Å². The van der Waals surface area contributed by atoms with Crippen LogP contribution in [0.5, 0.6) is 5.88 Å². The minimum Gasteiger partial charge on any atom is -0.481 e. The molecule has 218 valence electrons. The number of amides is 1. The van der Waals surface area contributed by atoms with Crippen molar-refractivity contribution < 1.29 is 23.5 Å². The lowest BCUT2D eigenvalue weighted by Crippen LogP contribution is -2.29. The molecule has 0 saturated carbocycles. The number of benzene rings is 2. The number of nitrogens with one attached hydrogen (secondary N) is 1. The van der Waals surface area contributed by atoms with Gasteiger partial charge in [-0.15, -0.1) is 0 Å². The second kappa shape index (κ2) is 12.6. The highest BCUT2D eigenvalue weighted by molar-refractivity contribution is 6.12. The fraction of sp³-hybridized carbons (Fsp3) is 0.324. The highest BCUT2D eigenvalue weighted by Gasteiger charge is 2.32. The Morgan fingerprint density at radius 2 is 1.86 bits per heavy atom. The summed E-state index contributed by atoms with van der Waals surface area (Å²) in [6.45, 7) is 6.67. The van der Waals surface area contributed by atoms with E-state index in [0.717, 1.165) is 28.9 Å². The highest BCUT2D eigenvalue weighted by atomic mass is 19.1. The number of carbonyl (C=O) groups excluding carboxylic acids is 2. The van der Waals surface area contributed by atoms with E-state index < -0.39 is 0 Å². The molecule has 0 unspecified atom stereocenters. The minimum absolute atomic E-state index is 0.0500. The SMILES string of the molecule is COc1cc(-c2c(C(=O)Nc3ccccc3)c(C(C)C)n(CC[C@@H]3C[C@@H](C)CC(=O)O3)c2-c2ccc(F)cc2)ccn1. The third-order valence-electron chi connectivity index (χ3n) is 7.61. The molecule has 1 N–H and O–H groups in total. The Hall–Kier alpha value is -4.46. The first kappa shape index (κ1) is 29.0. The average molecular weight is 570 g/mol. The number of rotatable bonds is 9. The fourth-order valence-corrected chi connectivity index (χ4v) is 5.83. The van der Waals surface area contributed by atoms with Crippen molar-refractivity contribution in [2.45, 2.75) is 58.6 Å². The number of para-hydroxylation sites is 1. The van der Waals surface area contributed by atoms with Gasteiger partial charge in [-0.25, -0.2) is 9.37 Å². The van der Waals surface area contributed by atoms with E-state index in [1.54, 1.807) is 31.5 Å². The lowest BCUT2D eigenvalue weighted by Gasteiger charge is -2.27. The maximum atomic E-state index is 14.2. The van der Waals surface area contributed by atoms with Gasteiger partial charge in [0.25, 0.3) is 5.91 Å². The summed E-state index contributed by atoms with van der Waals surface area (Å²) in [5, 5.41) is 3.08. The number of anilines is 1. The molecular weight excluding hydrogens is 533 g/mol. The predicted octanol–water partition coefficient (Wildman–Crippen LogP) is 7.47. The van der Waals surface area contributed by atoms with E-state index >= 15 is 0 Å². The van der Waals surface area contributed by atoms with Crippen LogP contribution < -0.4 is 10.1 Å². The number of carbonyl (C=O) groups is 2. The Morgan fingerprint density at radius 3 is 2.52 bits per heavy atom. The molecule has 1 aliphatic heterocycles. The van der Waals surface area contributed by atoms with Gasteiger partial charge in [0.2, 0.25) is 5.88 Å². The standard InChI is InChI=1S/C34H36FN3O4/c1-21(2)32-31(34(40)37-26-8-6-5-7-9-26)30(24-14-16-36-28(20-24)41-4)33(23-10-12-25(35)13-11-23)38(32)17-15-27-18-22(3)19-29(39)42-27/h5-14,16,20-22,27H,15,17-19H2,1-4H3,(H,37,40)/t22-,27-/m1/s1. The first-order valence-corrected chi connectivity index (χ1v) is 14.3. The monoisotopic (exact) mass is 569 g/mol. The number of methoxy groups -OCH3 is 1.